The normalized spacial score (nSPS) is 10.3. The molecule has 17 heavy (non-hydrogen) atoms. The zero-order chi connectivity index (χ0) is 12.5. The lowest BCUT2D eigenvalue weighted by Crippen LogP contribution is -2.25. The van der Waals surface area contributed by atoms with Crippen LogP contribution in [0.5, 0.6) is 5.75 Å². The van der Waals surface area contributed by atoms with Crippen molar-refractivity contribution in [3.05, 3.63) is 18.3 Å². The van der Waals surface area contributed by atoms with E-state index in [0.717, 1.165) is 44.1 Å². The molecule has 1 aromatic heterocycles. The van der Waals surface area contributed by atoms with Gasteiger partial charge in [-0.1, -0.05) is 6.92 Å². The van der Waals surface area contributed by atoms with E-state index in [9.17, 15) is 0 Å². The molecule has 0 bridgehead atoms. The van der Waals surface area contributed by atoms with E-state index in [4.69, 9.17) is 16.3 Å². The predicted molar refractivity (Wildman–Crippen MR) is 73.2 cm³/mol. The molecule has 0 aliphatic carbocycles. The molecule has 1 rings (SSSR count). The Morgan fingerprint density at radius 3 is 2.88 bits per heavy atom. The predicted octanol–water partition coefficient (Wildman–Crippen LogP) is 3.33. The fourth-order valence-corrected chi connectivity index (χ4v) is 1.73. The molecule has 4 heteroatoms. The third-order valence-electron chi connectivity index (χ3n) is 2.46. The van der Waals surface area contributed by atoms with Gasteiger partial charge in [0.2, 0.25) is 0 Å². The Morgan fingerprint density at radius 1 is 1.41 bits per heavy atom. The molecule has 0 saturated heterocycles. The minimum Gasteiger partial charge on any atom is -0.490 e. The van der Waals surface area contributed by atoms with E-state index in [0.29, 0.717) is 5.88 Å². The molecule has 0 N–H and O–H groups in total. The van der Waals surface area contributed by atoms with Crippen LogP contribution in [0.25, 0.3) is 0 Å². The van der Waals surface area contributed by atoms with E-state index in [1.165, 1.54) is 0 Å². The molecule has 0 aliphatic heterocycles. The number of anilines is 1. The summed E-state index contributed by atoms with van der Waals surface area (Å²) >= 11 is 5.74. The van der Waals surface area contributed by atoms with Gasteiger partial charge in [0.15, 0.2) is 11.6 Å². The van der Waals surface area contributed by atoms with Crippen molar-refractivity contribution in [2.24, 2.45) is 0 Å². The topological polar surface area (TPSA) is 25.4 Å². The summed E-state index contributed by atoms with van der Waals surface area (Å²) in [6, 6.07) is 3.88. The average molecular weight is 257 g/mol. The largest absolute Gasteiger partial charge is 0.490 e. The Hall–Kier alpha value is -0.960. The van der Waals surface area contributed by atoms with Gasteiger partial charge in [0.25, 0.3) is 0 Å². The average Bonchev–Trinajstić information content (AvgIpc) is 2.38. The second-order valence-electron chi connectivity index (χ2n) is 3.80. The highest BCUT2D eigenvalue weighted by Gasteiger charge is 2.11. The zero-order valence-electron chi connectivity index (χ0n) is 10.7. The molecule has 0 aromatic carbocycles. The lowest BCUT2D eigenvalue weighted by atomic mass is 10.3. The molecule has 1 heterocycles. The lowest BCUT2D eigenvalue weighted by Gasteiger charge is -2.23. The van der Waals surface area contributed by atoms with Crippen LogP contribution in [-0.4, -0.2) is 30.6 Å². The minimum absolute atomic E-state index is 0.675. The number of nitrogens with zero attached hydrogens (tertiary/aromatic N) is 2. The van der Waals surface area contributed by atoms with E-state index >= 15 is 0 Å². The fraction of sp³-hybridized carbons (Fsp3) is 0.615. The van der Waals surface area contributed by atoms with Crippen LogP contribution in [0.4, 0.5) is 5.82 Å². The van der Waals surface area contributed by atoms with Crippen molar-refractivity contribution in [1.29, 1.82) is 0 Å². The first-order chi connectivity index (χ1) is 8.33. The summed E-state index contributed by atoms with van der Waals surface area (Å²) in [5, 5.41) is 0. The molecule has 0 amide bonds. The van der Waals surface area contributed by atoms with Crippen molar-refractivity contribution in [3.63, 3.8) is 0 Å². The van der Waals surface area contributed by atoms with Crippen LogP contribution in [0, 0.1) is 0 Å². The van der Waals surface area contributed by atoms with Crippen LogP contribution in [-0.2, 0) is 0 Å². The van der Waals surface area contributed by atoms with Crippen LogP contribution in [0.3, 0.4) is 0 Å². The SMILES string of the molecule is CCCOc1cccnc1N(CC)CCCCl. The van der Waals surface area contributed by atoms with Crippen LogP contribution in [0.1, 0.15) is 26.7 Å². The maximum Gasteiger partial charge on any atom is 0.171 e. The first-order valence-electron chi connectivity index (χ1n) is 6.22. The number of hydrogen-bond acceptors (Lipinski definition) is 3. The first kappa shape index (κ1) is 14.1. The number of ether oxygens (including phenoxy) is 1. The van der Waals surface area contributed by atoms with Gasteiger partial charge in [-0.25, -0.2) is 4.98 Å². The monoisotopic (exact) mass is 256 g/mol. The third kappa shape index (κ3) is 4.43. The van der Waals surface area contributed by atoms with Crippen LogP contribution >= 0.6 is 11.6 Å². The van der Waals surface area contributed by atoms with Crippen molar-refractivity contribution in [2.75, 3.05) is 30.5 Å². The maximum absolute atomic E-state index is 5.74. The Labute approximate surface area is 109 Å². The van der Waals surface area contributed by atoms with Gasteiger partial charge in [-0.05, 0) is 31.9 Å². The molecule has 0 unspecified atom stereocenters. The molecule has 3 nitrogen and oxygen atoms in total. The van der Waals surface area contributed by atoms with Crippen molar-refractivity contribution < 1.29 is 4.74 Å². The highest BCUT2D eigenvalue weighted by molar-refractivity contribution is 6.17. The number of pyridine rings is 1. The van der Waals surface area contributed by atoms with E-state index in [1.54, 1.807) is 6.20 Å². The van der Waals surface area contributed by atoms with Gasteiger partial charge in [0.1, 0.15) is 0 Å². The third-order valence-corrected chi connectivity index (χ3v) is 2.72. The number of aromatic nitrogens is 1. The fourth-order valence-electron chi connectivity index (χ4n) is 1.61. The number of rotatable bonds is 8. The van der Waals surface area contributed by atoms with Crippen molar-refractivity contribution in [1.82, 2.24) is 4.98 Å². The number of halogens is 1. The summed E-state index contributed by atoms with van der Waals surface area (Å²) in [5.74, 6) is 2.47. The Bertz CT molecular complexity index is 320. The molecule has 0 aliphatic rings. The maximum atomic E-state index is 5.74. The van der Waals surface area contributed by atoms with Crippen LogP contribution in [0.15, 0.2) is 18.3 Å². The summed E-state index contributed by atoms with van der Waals surface area (Å²) in [5.41, 5.74) is 0. The zero-order valence-corrected chi connectivity index (χ0v) is 11.4. The van der Waals surface area contributed by atoms with Gasteiger partial charge in [0, 0.05) is 25.2 Å². The Morgan fingerprint density at radius 2 is 2.24 bits per heavy atom. The lowest BCUT2D eigenvalue weighted by molar-refractivity contribution is 0.316. The molecule has 0 radical (unpaired) electrons. The summed E-state index contributed by atoms with van der Waals surface area (Å²) in [6.45, 7) is 6.77. The molecule has 0 saturated carbocycles. The summed E-state index contributed by atoms with van der Waals surface area (Å²) in [4.78, 5) is 6.62. The van der Waals surface area contributed by atoms with Crippen molar-refractivity contribution in [2.45, 2.75) is 26.7 Å². The Kier molecular flexibility index (Phi) is 6.78. The summed E-state index contributed by atoms with van der Waals surface area (Å²) in [7, 11) is 0. The summed E-state index contributed by atoms with van der Waals surface area (Å²) in [6.07, 6.45) is 3.76. The molecular weight excluding hydrogens is 236 g/mol. The highest BCUT2D eigenvalue weighted by Crippen LogP contribution is 2.25. The molecule has 96 valence electrons. The number of alkyl halides is 1. The molecular formula is C13H21ClN2O. The smallest absolute Gasteiger partial charge is 0.171 e. The van der Waals surface area contributed by atoms with Gasteiger partial charge in [-0.3, -0.25) is 0 Å². The van der Waals surface area contributed by atoms with Gasteiger partial charge < -0.3 is 9.64 Å². The minimum atomic E-state index is 0.675. The Balaban J connectivity index is 2.77. The van der Waals surface area contributed by atoms with Crippen LogP contribution in [0.2, 0.25) is 0 Å². The van der Waals surface area contributed by atoms with Crippen LogP contribution < -0.4 is 9.64 Å². The second-order valence-corrected chi connectivity index (χ2v) is 4.17. The number of hydrogen-bond donors (Lipinski definition) is 0. The highest BCUT2D eigenvalue weighted by atomic mass is 35.5. The quantitative estimate of drug-likeness (QED) is 0.667. The second kappa shape index (κ2) is 8.18. The molecule has 0 spiro atoms. The molecule has 0 fully saturated rings. The van der Waals surface area contributed by atoms with Gasteiger partial charge in [-0.15, -0.1) is 11.6 Å². The van der Waals surface area contributed by atoms with Crippen molar-refractivity contribution in [3.8, 4) is 5.75 Å². The van der Waals surface area contributed by atoms with Gasteiger partial charge >= 0.3 is 0 Å². The van der Waals surface area contributed by atoms with E-state index in [2.05, 4.69) is 23.7 Å². The summed E-state index contributed by atoms with van der Waals surface area (Å²) < 4.78 is 5.71. The first-order valence-corrected chi connectivity index (χ1v) is 6.75. The van der Waals surface area contributed by atoms with E-state index in [1.807, 2.05) is 12.1 Å². The van der Waals surface area contributed by atoms with Gasteiger partial charge in [0.05, 0.1) is 6.61 Å². The van der Waals surface area contributed by atoms with E-state index < -0.39 is 0 Å². The molecule has 1 aromatic rings. The van der Waals surface area contributed by atoms with E-state index in [-0.39, 0.29) is 0 Å². The van der Waals surface area contributed by atoms with Crippen molar-refractivity contribution >= 4 is 17.4 Å². The van der Waals surface area contributed by atoms with Gasteiger partial charge in [-0.2, -0.15) is 0 Å². The standard InChI is InChI=1S/C13H21ClN2O/c1-3-11-17-12-7-5-9-15-13(12)16(4-2)10-6-8-14/h5,7,9H,3-4,6,8,10-11H2,1-2H3. The molecule has 0 atom stereocenters.